The zero-order chi connectivity index (χ0) is 19.5. The molecule has 0 saturated heterocycles. The van der Waals surface area contributed by atoms with Crippen molar-refractivity contribution in [1.82, 2.24) is 0 Å². The van der Waals surface area contributed by atoms with Crippen molar-refractivity contribution in [2.24, 2.45) is 0 Å². The van der Waals surface area contributed by atoms with Crippen LogP contribution in [0.4, 0.5) is 0 Å². The molecule has 4 rings (SSSR count). The Kier molecular flexibility index (Phi) is 5.77. The van der Waals surface area contributed by atoms with Crippen molar-refractivity contribution in [1.29, 1.82) is 0 Å². The van der Waals surface area contributed by atoms with Gasteiger partial charge < -0.3 is 5.11 Å². The molecule has 0 amide bonds. The predicted molar refractivity (Wildman–Crippen MR) is 124 cm³/mol. The van der Waals surface area contributed by atoms with Crippen molar-refractivity contribution in [2.45, 2.75) is 15.9 Å². The van der Waals surface area contributed by atoms with Gasteiger partial charge in [-0.15, -0.1) is 23.5 Å². The molecule has 1 N–H and O–H groups in total. The summed E-state index contributed by atoms with van der Waals surface area (Å²) >= 11 is 3.45. The number of rotatable bonds is 5. The number of aliphatic hydroxyl groups excluding tert-OH is 1. The summed E-state index contributed by atoms with van der Waals surface area (Å²) in [5.74, 6) is 0. The van der Waals surface area contributed by atoms with E-state index in [-0.39, 0.29) is 0 Å². The summed E-state index contributed by atoms with van der Waals surface area (Å²) in [6.07, 6.45) is 7.83. The van der Waals surface area contributed by atoms with Crippen LogP contribution in [0.5, 0.6) is 0 Å². The van der Waals surface area contributed by atoms with Crippen molar-refractivity contribution in [3.8, 4) is 0 Å². The van der Waals surface area contributed by atoms with Gasteiger partial charge in [-0.1, -0.05) is 48.5 Å². The molecule has 140 valence electrons. The maximum atomic E-state index is 11.1. The van der Waals surface area contributed by atoms with Crippen LogP contribution < -0.4 is 0 Å². The quantitative estimate of drug-likeness (QED) is 0.474. The van der Waals surface area contributed by atoms with E-state index in [1.54, 1.807) is 23.5 Å². The predicted octanol–water partition coefficient (Wildman–Crippen LogP) is 6.80. The molecule has 3 heteroatoms. The van der Waals surface area contributed by atoms with E-state index in [4.69, 9.17) is 0 Å². The van der Waals surface area contributed by atoms with Crippen LogP contribution in [0.3, 0.4) is 0 Å². The third kappa shape index (κ3) is 3.83. The molecule has 0 unspecified atom stereocenters. The molecule has 3 aromatic carbocycles. The average Bonchev–Trinajstić information content (AvgIpc) is 3.12. The smallest absolute Gasteiger partial charge is 0.105 e. The summed E-state index contributed by atoms with van der Waals surface area (Å²) in [5.41, 5.74) is 6.47. The van der Waals surface area contributed by atoms with Gasteiger partial charge >= 0.3 is 0 Å². The molecule has 1 aliphatic carbocycles. The van der Waals surface area contributed by atoms with E-state index < -0.39 is 6.10 Å². The lowest BCUT2D eigenvalue weighted by Gasteiger charge is -2.14. The van der Waals surface area contributed by atoms with Crippen LogP contribution in [0.15, 0.2) is 88.7 Å². The highest BCUT2D eigenvalue weighted by Gasteiger charge is 2.24. The van der Waals surface area contributed by atoms with Crippen LogP contribution in [-0.2, 0) is 0 Å². The molecule has 0 heterocycles. The van der Waals surface area contributed by atoms with Crippen LogP contribution >= 0.6 is 23.5 Å². The molecule has 0 aliphatic heterocycles. The first-order valence-corrected chi connectivity index (χ1v) is 11.6. The maximum Gasteiger partial charge on any atom is 0.105 e. The Bertz CT molecular complexity index is 1030. The monoisotopic (exact) mass is 402 g/mol. The van der Waals surface area contributed by atoms with Crippen molar-refractivity contribution in [3.05, 3.63) is 101 Å². The van der Waals surface area contributed by atoms with Crippen LogP contribution in [0.2, 0.25) is 0 Å². The fourth-order valence-electron chi connectivity index (χ4n) is 3.50. The highest BCUT2D eigenvalue weighted by atomic mass is 32.2. The summed E-state index contributed by atoms with van der Waals surface area (Å²) in [4.78, 5) is 2.46. The third-order valence-corrected chi connectivity index (χ3v) is 6.51. The highest BCUT2D eigenvalue weighted by Crippen LogP contribution is 2.42. The molecular formula is C25H22OS2. The minimum Gasteiger partial charge on any atom is -0.384 e. The van der Waals surface area contributed by atoms with Gasteiger partial charge in [-0.2, -0.15) is 0 Å². The normalized spacial score (nSPS) is 15.4. The van der Waals surface area contributed by atoms with E-state index in [1.807, 2.05) is 18.2 Å². The fourth-order valence-corrected chi connectivity index (χ4v) is 4.32. The van der Waals surface area contributed by atoms with Gasteiger partial charge in [0.15, 0.2) is 0 Å². The van der Waals surface area contributed by atoms with Gasteiger partial charge in [-0.3, -0.25) is 0 Å². The standard InChI is InChI=1S/C25H22OS2/c1-27-20-11-7-17(8-12-20)15-19-16-24(23-6-4-3-5-22(19)23)25(26)18-9-13-21(28-2)14-10-18/h3-16,25-26H,1-2H3/b19-15+/t25-/m0/s1. The van der Waals surface area contributed by atoms with Crippen LogP contribution in [-0.4, -0.2) is 17.6 Å². The Balaban J connectivity index is 1.72. The van der Waals surface area contributed by atoms with Gasteiger partial charge in [-0.25, -0.2) is 0 Å². The van der Waals surface area contributed by atoms with Crippen molar-refractivity contribution in [2.75, 3.05) is 12.5 Å². The summed E-state index contributed by atoms with van der Waals surface area (Å²) in [6, 6.07) is 25.1. The van der Waals surface area contributed by atoms with Gasteiger partial charge in [0.25, 0.3) is 0 Å². The number of benzene rings is 3. The van der Waals surface area contributed by atoms with Gasteiger partial charge in [0.2, 0.25) is 0 Å². The molecule has 28 heavy (non-hydrogen) atoms. The summed E-state index contributed by atoms with van der Waals surface area (Å²) in [5, 5.41) is 11.1. The number of thioether (sulfide) groups is 2. The fraction of sp³-hybridized carbons (Fsp3) is 0.120. The topological polar surface area (TPSA) is 20.2 Å². The number of hydrogen-bond acceptors (Lipinski definition) is 3. The van der Waals surface area contributed by atoms with E-state index in [0.717, 1.165) is 22.3 Å². The Morgan fingerprint density at radius 3 is 1.93 bits per heavy atom. The zero-order valence-electron chi connectivity index (χ0n) is 15.9. The largest absolute Gasteiger partial charge is 0.384 e. The lowest BCUT2D eigenvalue weighted by Crippen LogP contribution is -1.99. The van der Waals surface area contributed by atoms with Crippen molar-refractivity contribution in [3.63, 3.8) is 0 Å². The first kappa shape index (κ1) is 19.1. The highest BCUT2D eigenvalue weighted by molar-refractivity contribution is 7.98. The molecule has 3 aromatic rings. The molecular weight excluding hydrogens is 380 g/mol. The molecule has 1 nitrogen and oxygen atoms in total. The summed E-state index contributed by atoms with van der Waals surface area (Å²) in [7, 11) is 0. The van der Waals surface area contributed by atoms with Crippen LogP contribution in [0.1, 0.15) is 28.4 Å². The second-order valence-electron chi connectivity index (χ2n) is 6.69. The van der Waals surface area contributed by atoms with E-state index in [9.17, 15) is 5.11 Å². The van der Waals surface area contributed by atoms with E-state index in [0.29, 0.717) is 0 Å². The third-order valence-electron chi connectivity index (χ3n) is 5.02. The van der Waals surface area contributed by atoms with Gasteiger partial charge in [0.05, 0.1) is 0 Å². The SMILES string of the molecule is CSc1ccc(/C=C2\C=C([C@@H](O)c3ccc(SC)cc3)c3ccccc32)cc1. The molecule has 0 saturated carbocycles. The molecule has 0 aromatic heterocycles. The number of hydrogen-bond donors (Lipinski definition) is 1. The first-order valence-electron chi connectivity index (χ1n) is 9.19. The van der Waals surface area contributed by atoms with Gasteiger partial charge in [0, 0.05) is 9.79 Å². The molecule has 0 spiro atoms. The Morgan fingerprint density at radius 1 is 0.750 bits per heavy atom. The van der Waals surface area contributed by atoms with E-state index >= 15 is 0 Å². The van der Waals surface area contributed by atoms with Crippen LogP contribution in [0.25, 0.3) is 17.2 Å². The summed E-state index contributed by atoms with van der Waals surface area (Å²) in [6.45, 7) is 0. The number of allylic oxidation sites excluding steroid dienone is 2. The number of fused-ring (bicyclic) bond motifs is 1. The first-order chi connectivity index (χ1) is 13.7. The Morgan fingerprint density at radius 2 is 1.32 bits per heavy atom. The van der Waals surface area contributed by atoms with Gasteiger partial charge in [0.1, 0.15) is 6.10 Å². The molecule has 1 atom stereocenters. The zero-order valence-corrected chi connectivity index (χ0v) is 17.6. The second kappa shape index (κ2) is 8.44. The average molecular weight is 403 g/mol. The maximum absolute atomic E-state index is 11.1. The number of aliphatic hydroxyl groups is 1. The Labute approximate surface area is 175 Å². The Hall–Kier alpha value is -2.20. The second-order valence-corrected chi connectivity index (χ2v) is 8.45. The lowest BCUT2D eigenvalue weighted by molar-refractivity contribution is 0.238. The van der Waals surface area contributed by atoms with Gasteiger partial charge in [-0.05, 0) is 82.3 Å². The van der Waals surface area contributed by atoms with Crippen molar-refractivity contribution < 1.29 is 5.11 Å². The molecule has 0 bridgehead atoms. The van der Waals surface area contributed by atoms with E-state index in [2.05, 4.69) is 79.3 Å². The molecule has 1 aliphatic rings. The molecule has 0 fully saturated rings. The van der Waals surface area contributed by atoms with Crippen molar-refractivity contribution >= 4 is 40.7 Å². The van der Waals surface area contributed by atoms with Crippen LogP contribution in [0, 0.1) is 0 Å². The minimum atomic E-state index is -0.637. The van der Waals surface area contributed by atoms with E-state index in [1.165, 1.54) is 20.9 Å². The molecule has 0 radical (unpaired) electrons. The lowest BCUT2D eigenvalue weighted by atomic mass is 9.96. The summed E-state index contributed by atoms with van der Waals surface area (Å²) < 4.78 is 0. The minimum absolute atomic E-state index is 0.637.